The number of nitrogens with one attached hydrogen (secondary N) is 1. The minimum atomic E-state index is -4.20. The van der Waals surface area contributed by atoms with Crippen LogP contribution < -0.4 is 14.4 Å². The number of amides is 2. The molecule has 0 unspecified atom stereocenters. The molecule has 0 bridgehead atoms. The maximum Gasteiger partial charge on any atom is 0.264 e. The molecule has 10 heteroatoms. The van der Waals surface area contributed by atoms with Crippen molar-refractivity contribution in [3.8, 4) is 5.75 Å². The van der Waals surface area contributed by atoms with E-state index in [-0.39, 0.29) is 29.8 Å². The molecule has 1 aliphatic rings. The summed E-state index contributed by atoms with van der Waals surface area (Å²) in [5.74, 6) is -0.232. The van der Waals surface area contributed by atoms with E-state index < -0.39 is 28.5 Å². The first-order valence-electron chi connectivity index (χ1n) is 15.9. The van der Waals surface area contributed by atoms with Gasteiger partial charge in [0.1, 0.15) is 18.3 Å². The first-order chi connectivity index (χ1) is 22.7. The molecule has 246 valence electrons. The summed E-state index contributed by atoms with van der Waals surface area (Å²) in [4.78, 5) is 30.2. The summed E-state index contributed by atoms with van der Waals surface area (Å²) in [6.45, 7) is 1.85. The van der Waals surface area contributed by atoms with Crippen LogP contribution in [-0.2, 0) is 32.6 Å². The van der Waals surface area contributed by atoms with E-state index >= 15 is 0 Å². The Kier molecular flexibility index (Phi) is 11.6. The topological polar surface area (TPSA) is 96.0 Å². The highest BCUT2D eigenvalue weighted by molar-refractivity contribution is 7.92. The average molecular weight is 674 g/mol. The highest BCUT2D eigenvalue weighted by Gasteiger charge is 2.35. The van der Waals surface area contributed by atoms with E-state index in [1.54, 1.807) is 54.6 Å². The number of carbonyl (C=O) groups is 2. The molecule has 4 aromatic rings. The van der Waals surface area contributed by atoms with Gasteiger partial charge < -0.3 is 15.0 Å². The number of hydrogen-bond acceptors (Lipinski definition) is 5. The molecular formula is C37H40ClN3O5S. The predicted octanol–water partition coefficient (Wildman–Crippen LogP) is 6.63. The summed E-state index contributed by atoms with van der Waals surface area (Å²) in [7, 11) is -4.20. The lowest BCUT2D eigenvalue weighted by Crippen LogP contribution is -2.54. The largest absolute Gasteiger partial charge is 0.494 e. The van der Waals surface area contributed by atoms with Gasteiger partial charge in [-0.25, -0.2) is 8.42 Å². The summed E-state index contributed by atoms with van der Waals surface area (Å²) in [5.41, 5.74) is 1.97. The van der Waals surface area contributed by atoms with Crippen molar-refractivity contribution in [1.29, 1.82) is 0 Å². The first kappa shape index (κ1) is 34.0. The van der Waals surface area contributed by atoms with E-state index in [0.717, 1.165) is 41.1 Å². The molecule has 0 aliphatic heterocycles. The molecular weight excluding hydrogens is 634 g/mol. The number of anilines is 1. The van der Waals surface area contributed by atoms with Gasteiger partial charge in [0.05, 0.1) is 17.2 Å². The van der Waals surface area contributed by atoms with Gasteiger partial charge in [0.2, 0.25) is 11.8 Å². The van der Waals surface area contributed by atoms with Crippen molar-refractivity contribution in [2.24, 2.45) is 0 Å². The van der Waals surface area contributed by atoms with Crippen molar-refractivity contribution < 1.29 is 22.7 Å². The monoisotopic (exact) mass is 673 g/mol. The SMILES string of the molecule is CCOc1ccc(S(=O)(=O)N(CC(=O)N(Cc2ccc(Cl)cc2)[C@H](Cc2ccccc2)C(=O)NC2CCCC2)c2ccccc2)cc1. The molecule has 0 radical (unpaired) electrons. The van der Waals surface area contributed by atoms with Crippen LogP contribution >= 0.6 is 11.6 Å². The van der Waals surface area contributed by atoms with Crippen molar-refractivity contribution in [2.45, 2.75) is 62.6 Å². The molecule has 1 atom stereocenters. The van der Waals surface area contributed by atoms with Crippen LogP contribution in [0.3, 0.4) is 0 Å². The average Bonchev–Trinajstić information content (AvgIpc) is 3.60. The van der Waals surface area contributed by atoms with Crippen molar-refractivity contribution >= 4 is 39.1 Å². The second kappa shape index (κ2) is 16.0. The Labute approximate surface area is 282 Å². The number of benzene rings is 4. The van der Waals surface area contributed by atoms with Crippen LogP contribution in [0.2, 0.25) is 5.02 Å². The van der Waals surface area contributed by atoms with Crippen LogP contribution in [-0.4, -0.2) is 50.4 Å². The summed E-state index contributed by atoms with van der Waals surface area (Å²) >= 11 is 6.17. The van der Waals surface area contributed by atoms with Crippen LogP contribution in [0.15, 0.2) is 114 Å². The summed E-state index contributed by atoms with van der Waals surface area (Å²) in [5, 5.41) is 3.73. The summed E-state index contributed by atoms with van der Waals surface area (Å²) < 4.78 is 35.0. The van der Waals surface area contributed by atoms with Crippen LogP contribution in [0, 0.1) is 0 Å². The van der Waals surface area contributed by atoms with E-state index in [1.807, 2.05) is 49.4 Å². The Bertz CT molecular complexity index is 1710. The zero-order valence-electron chi connectivity index (χ0n) is 26.4. The Hall–Kier alpha value is -4.34. The van der Waals surface area contributed by atoms with Crippen molar-refractivity contribution in [3.63, 3.8) is 0 Å². The molecule has 8 nitrogen and oxygen atoms in total. The van der Waals surface area contributed by atoms with E-state index in [1.165, 1.54) is 17.0 Å². The lowest BCUT2D eigenvalue weighted by atomic mass is 10.0. The Morgan fingerprint density at radius 2 is 1.47 bits per heavy atom. The maximum atomic E-state index is 14.6. The molecule has 0 saturated heterocycles. The van der Waals surface area contributed by atoms with E-state index in [2.05, 4.69) is 5.32 Å². The first-order valence-corrected chi connectivity index (χ1v) is 17.7. The van der Waals surface area contributed by atoms with E-state index in [0.29, 0.717) is 23.1 Å². The fourth-order valence-corrected chi connectivity index (χ4v) is 7.37. The smallest absolute Gasteiger partial charge is 0.264 e. The number of rotatable bonds is 14. The van der Waals surface area contributed by atoms with Crippen LogP contribution in [0.25, 0.3) is 0 Å². The molecule has 1 aliphatic carbocycles. The third-order valence-electron chi connectivity index (χ3n) is 8.28. The number of carbonyl (C=O) groups excluding carboxylic acids is 2. The number of para-hydroxylation sites is 1. The van der Waals surface area contributed by atoms with Gasteiger partial charge in [-0.15, -0.1) is 0 Å². The van der Waals surface area contributed by atoms with Crippen molar-refractivity contribution in [2.75, 3.05) is 17.5 Å². The molecule has 0 spiro atoms. The van der Waals surface area contributed by atoms with Crippen molar-refractivity contribution in [3.05, 3.63) is 125 Å². The van der Waals surface area contributed by atoms with Gasteiger partial charge in [-0.05, 0) is 79.4 Å². The number of halogens is 1. The molecule has 4 aromatic carbocycles. The van der Waals surface area contributed by atoms with E-state index in [4.69, 9.17) is 16.3 Å². The highest BCUT2D eigenvalue weighted by atomic mass is 35.5. The molecule has 2 amide bonds. The van der Waals surface area contributed by atoms with Gasteiger partial charge in [0, 0.05) is 24.0 Å². The van der Waals surface area contributed by atoms with Gasteiger partial charge in [-0.1, -0.05) is 85.1 Å². The molecule has 1 N–H and O–H groups in total. The number of sulfonamides is 1. The zero-order chi connectivity index (χ0) is 33.2. The minimum Gasteiger partial charge on any atom is -0.494 e. The zero-order valence-corrected chi connectivity index (χ0v) is 28.0. The maximum absolute atomic E-state index is 14.6. The van der Waals surface area contributed by atoms with Gasteiger partial charge >= 0.3 is 0 Å². The number of nitrogens with zero attached hydrogens (tertiary/aromatic N) is 2. The summed E-state index contributed by atoms with van der Waals surface area (Å²) in [6.07, 6.45) is 4.11. The molecule has 0 heterocycles. The molecule has 5 rings (SSSR count). The summed E-state index contributed by atoms with van der Waals surface area (Å²) in [6, 6.07) is 30.4. The van der Waals surface area contributed by atoms with Crippen LogP contribution in [0.4, 0.5) is 5.69 Å². The van der Waals surface area contributed by atoms with E-state index in [9.17, 15) is 18.0 Å². The lowest BCUT2D eigenvalue weighted by Gasteiger charge is -2.34. The normalized spacial score (nSPS) is 13.9. The fraction of sp³-hybridized carbons (Fsp3) is 0.297. The Balaban J connectivity index is 1.53. The number of ether oxygens (including phenoxy) is 1. The Morgan fingerprint density at radius 1 is 0.851 bits per heavy atom. The molecule has 0 aromatic heterocycles. The predicted molar refractivity (Wildman–Crippen MR) is 185 cm³/mol. The van der Waals surface area contributed by atoms with Gasteiger partial charge in [-0.3, -0.25) is 13.9 Å². The second-order valence-electron chi connectivity index (χ2n) is 11.6. The molecule has 1 saturated carbocycles. The van der Waals surface area contributed by atoms with Crippen LogP contribution in [0.1, 0.15) is 43.7 Å². The molecule has 47 heavy (non-hydrogen) atoms. The highest BCUT2D eigenvalue weighted by Crippen LogP contribution is 2.27. The molecule has 1 fully saturated rings. The lowest BCUT2D eigenvalue weighted by molar-refractivity contribution is -0.140. The van der Waals surface area contributed by atoms with Gasteiger partial charge in [-0.2, -0.15) is 0 Å². The fourth-order valence-electron chi connectivity index (χ4n) is 5.83. The quantitative estimate of drug-likeness (QED) is 0.162. The van der Waals surface area contributed by atoms with Gasteiger partial charge in [0.25, 0.3) is 10.0 Å². The van der Waals surface area contributed by atoms with Crippen LogP contribution in [0.5, 0.6) is 5.75 Å². The Morgan fingerprint density at radius 3 is 2.09 bits per heavy atom. The third-order valence-corrected chi connectivity index (χ3v) is 10.3. The number of hydrogen-bond donors (Lipinski definition) is 1. The standard InChI is InChI=1S/C37H40ClN3O5S/c1-2-46-33-21-23-34(24-22-33)47(44,45)41(32-15-7-4-8-16-32)27-36(42)40(26-29-17-19-30(38)20-18-29)35(25-28-11-5-3-6-12-28)37(43)39-31-13-9-10-14-31/h3-8,11-12,15-24,31,35H,2,9-10,13-14,25-27H2,1H3,(H,39,43)/t35-/m1/s1. The van der Waals surface area contributed by atoms with Crippen molar-refractivity contribution in [1.82, 2.24) is 10.2 Å². The third kappa shape index (κ3) is 8.93. The minimum absolute atomic E-state index is 0.0154. The van der Waals surface area contributed by atoms with Gasteiger partial charge in [0.15, 0.2) is 0 Å². The second-order valence-corrected chi connectivity index (χ2v) is 13.9.